The Morgan fingerprint density at radius 2 is 2.12 bits per heavy atom. The minimum Gasteiger partial charge on any atom is -0.368 e. The third-order valence-electron chi connectivity index (χ3n) is 4.70. The van der Waals surface area contributed by atoms with Crippen molar-refractivity contribution in [2.24, 2.45) is 0 Å². The van der Waals surface area contributed by atoms with E-state index in [4.69, 9.17) is 0 Å². The van der Waals surface area contributed by atoms with Crippen molar-refractivity contribution in [1.82, 2.24) is 34.7 Å². The standard InChI is InChI=1S/C16H22N8S/c1-25-16-23-22-12(24(16)11-5-2-3-6-11)7-4-8-17-14-13-15(19-9-18-13)21-10-20-14/h9-11H,2-8H2,1H3,(H2,17,18,19,20,21). The maximum atomic E-state index is 4.44. The van der Waals surface area contributed by atoms with E-state index in [-0.39, 0.29) is 0 Å². The number of nitrogens with zero attached hydrogens (tertiary/aromatic N) is 6. The molecule has 1 saturated carbocycles. The number of rotatable bonds is 7. The molecule has 0 radical (unpaired) electrons. The van der Waals surface area contributed by atoms with Crippen LogP contribution in [0, 0.1) is 0 Å². The van der Waals surface area contributed by atoms with Gasteiger partial charge in [0.05, 0.1) is 6.33 Å². The summed E-state index contributed by atoms with van der Waals surface area (Å²) in [5, 5.41) is 13.2. The number of thioether (sulfide) groups is 1. The highest BCUT2D eigenvalue weighted by Crippen LogP contribution is 2.33. The lowest BCUT2D eigenvalue weighted by atomic mass is 10.2. The van der Waals surface area contributed by atoms with Crippen LogP contribution in [0.3, 0.4) is 0 Å². The summed E-state index contributed by atoms with van der Waals surface area (Å²) in [7, 11) is 0. The Hall–Kier alpha value is -2.16. The van der Waals surface area contributed by atoms with Gasteiger partial charge in [0, 0.05) is 19.0 Å². The van der Waals surface area contributed by atoms with Gasteiger partial charge >= 0.3 is 0 Å². The number of aryl methyl sites for hydroxylation is 1. The highest BCUT2D eigenvalue weighted by molar-refractivity contribution is 7.98. The molecule has 3 aromatic rings. The third-order valence-corrected chi connectivity index (χ3v) is 5.34. The maximum absolute atomic E-state index is 4.44. The van der Waals surface area contributed by atoms with E-state index in [1.54, 1.807) is 18.1 Å². The first-order valence-electron chi connectivity index (χ1n) is 8.72. The molecule has 3 aromatic heterocycles. The molecule has 2 N–H and O–H groups in total. The molecule has 0 unspecified atom stereocenters. The first-order valence-corrected chi connectivity index (χ1v) is 9.95. The molecule has 132 valence electrons. The van der Waals surface area contributed by atoms with Crippen LogP contribution in [0.25, 0.3) is 11.2 Å². The molecule has 1 aliphatic carbocycles. The van der Waals surface area contributed by atoms with Crippen molar-refractivity contribution in [3.05, 3.63) is 18.5 Å². The molecule has 0 bridgehead atoms. The quantitative estimate of drug-likeness (QED) is 0.495. The van der Waals surface area contributed by atoms with Crippen molar-refractivity contribution >= 4 is 28.7 Å². The fourth-order valence-electron chi connectivity index (χ4n) is 3.50. The van der Waals surface area contributed by atoms with Gasteiger partial charge in [0.15, 0.2) is 16.6 Å². The smallest absolute Gasteiger partial charge is 0.191 e. The lowest BCUT2D eigenvalue weighted by molar-refractivity contribution is 0.461. The van der Waals surface area contributed by atoms with Crippen molar-refractivity contribution in [1.29, 1.82) is 0 Å². The predicted molar refractivity (Wildman–Crippen MR) is 97.8 cm³/mol. The maximum Gasteiger partial charge on any atom is 0.191 e. The van der Waals surface area contributed by atoms with Gasteiger partial charge < -0.3 is 14.9 Å². The van der Waals surface area contributed by atoms with E-state index in [2.05, 4.69) is 46.3 Å². The van der Waals surface area contributed by atoms with Crippen LogP contribution in [-0.4, -0.2) is 47.5 Å². The molecule has 4 rings (SSSR count). The Balaban J connectivity index is 1.39. The van der Waals surface area contributed by atoms with Gasteiger partial charge in [-0.05, 0) is 25.5 Å². The summed E-state index contributed by atoms with van der Waals surface area (Å²) in [4.78, 5) is 15.6. The topological polar surface area (TPSA) is 97.2 Å². The Labute approximate surface area is 150 Å². The minimum atomic E-state index is 0.576. The lowest BCUT2D eigenvalue weighted by Crippen LogP contribution is -2.12. The van der Waals surface area contributed by atoms with Crippen LogP contribution >= 0.6 is 11.8 Å². The highest BCUT2D eigenvalue weighted by Gasteiger charge is 2.23. The van der Waals surface area contributed by atoms with E-state index in [0.29, 0.717) is 11.7 Å². The number of H-pyrrole nitrogens is 1. The number of aromatic nitrogens is 7. The van der Waals surface area contributed by atoms with Gasteiger partial charge in [0.2, 0.25) is 0 Å². The molecule has 0 aliphatic heterocycles. The van der Waals surface area contributed by atoms with E-state index in [9.17, 15) is 0 Å². The van der Waals surface area contributed by atoms with Crippen LogP contribution < -0.4 is 5.32 Å². The Bertz CT molecular complexity index is 836. The Morgan fingerprint density at radius 3 is 2.96 bits per heavy atom. The van der Waals surface area contributed by atoms with Crippen LogP contribution in [0.2, 0.25) is 0 Å². The van der Waals surface area contributed by atoms with Crippen LogP contribution in [-0.2, 0) is 6.42 Å². The van der Waals surface area contributed by atoms with E-state index >= 15 is 0 Å². The van der Waals surface area contributed by atoms with Gasteiger partial charge in [-0.2, -0.15) is 0 Å². The zero-order chi connectivity index (χ0) is 17.1. The van der Waals surface area contributed by atoms with E-state index in [0.717, 1.165) is 41.7 Å². The average molecular weight is 358 g/mol. The summed E-state index contributed by atoms with van der Waals surface area (Å²) >= 11 is 1.69. The zero-order valence-corrected chi connectivity index (χ0v) is 15.1. The molecule has 0 saturated heterocycles. The van der Waals surface area contributed by atoms with Crippen molar-refractivity contribution in [3.8, 4) is 0 Å². The molecule has 25 heavy (non-hydrogen) atoms. The van der Waals surface area contributed by atoms with Crippen molar-refractivity contribution in [3.63, 3.8) is 0 Å². The largest absolute Gasteiger partial charge is 0.368 e. The first kappa shape index (κ1) is 16.3. The van der Waals surface area contributed by atoms with Gasteiger partial charge in [-0.1, -0.05) is 24.6 Å². The molecule has 0 amide bonds. The number of fused-ring (bicyclic) bond motifs is 1. The second-order valence-electron chi connectivity index (χ2n) is 6.26. The average Bonchev–Trinajstić information content (AvgIpc) is 3.38. The fraction of sp³-hybridized carbons (Fsp3) is 0.562. The molecule has 0 aromatic carbocycles. The summed E-state index contributed by atoms with van der Waals surface area (Å²) in [6.07, 6.45) is 12.2. The van der Waals surface area contributed by atoms with Crippen molar-refractivity contribution in [2.75, 3.05) is 18.1 Å². The minimum absolute atomic E-state index is 0.576. The molecule has 0 spiro atoms. The number of aromatic amines is 1. The number of nitrogens with one attached hydrogen (secondary N) is 2. The summed E-state index contributed by atoms with van der Waals surface area (Å²) in [6, 6.07) is 0.576. The first-order chi connectivity index (χ1) is 12.4. The van der Waals surface area contributed by atoms with Gasteiger partial charge in [-0.3, -0.25) is 0 Å². The summed E-state index contributed by atoms with van der Waals surface area (Å²) < 4.78 is 2.37. The Kier molecular flexibility index (Phi) is 4.82. The van der Waals surface area contributed by atoms with E-state index in [1.807, 2.05) is 0 Å². The normalized spacial score (nSPS) is 15.2. The molecule has 0 atom stereocenters. The highest BCUT2D eigenvalue weighted by atomic mass is 32.2. The molecular weight excluding hydrogens is 336 g/mol. The van der Waals surface area contributed by atoms with Gasteiger partial charge in [0.1, 0.15) is 17.7 Å². The molecule has 8 nitrogen and oxygen atoms in total. The van der Waals surface area contributed by atoms with Crippen molar-refractivity contribution in [2.45, 2.75) is 49.7 Å². The molecule has 1 fully saturated rings. The second-order valence-corrected chi connectivity index (χ2v) is 7.04. The second kappa shape index (κ2) is 7.38. The van der Waals surface area contributed by atoms with Crippen LogP contribution in [0.1, 0.15) is 44.0 Å². The number of hydrogen-bond acceptors (Lipinski definition) is 7. The molecule has 1 aliphatic rings. The van der Waals surface area contributed by atoms with Crippen LogP contribution in [0.4, 0.5) is 5.82 Å². The summed E-state index contributed by atoms with van der Waals surface area (Å²) in [5.74, 6) is 1.90. The van der Waals surface area contributed by atoms with E-state index in [1.165, 1.54) is 32.0 Å². The van der Waals surface area contributed by atoms with Gasteiger partial charge in [-0.25, -0.2) is 15.0 Å². The van der Waals surface area contributed by atoms with Crippen LogP contribution in [0.5, 0.6) is 0 Å². The zero-order valence-electron chi connectivity index (χ0n) is 14.3. The third kappa shape index (κ3) is 3.33. The van der Waals surface area contributed by atoms with Gasteiger partial charge in [0.25, 0.3) is 0 Å². The fourth-order valence-corrected chi connectivity index (χ4v) is 4.07. The summed E-state index contributed by atoms with van der Waals surface area (Å²) in [5.41, 5.74) is 1.53. The predicted octanol–water partition coefficient (Wildman–Crippen LogP) is 2.83. The number of hydrogen-bond donors (Lipinski definition) is 2. The summed E-state index contributed by atoms with van der Waals surface area (Å²) in [6.45, 7) is 0.817. The van der Waals surface area contributed by atoms with Crippen LogP contribution in [0.15, 0.2) is 17.8 Å². The number of imidazole rings is 1. The lowest BCUT2D eigenvalue weighted by Gasteiger charge is -2.16. The number of anilines is 1. The molecule has 3 heterocycles. The van der Waals surface area contributed by atoms with E-state index < -0.39 is 0 Å². The Morgan fingerprint density at radius 1 is 1.24 bits per heavy atom. The molecule has 9 heteroatoms. The van der Waals surface area contributed by atoms with Crippen molar-refractivity contribution < 1.29 is 0 Å². The molecular formula is C16H22N8S. The van der Waals surface area contributed by atoms with Gasteiger partial charge in [-0.15, -0.1) is 10.2 Å². The monoisotopic (exact) mass is 358 g/mol. The SMILES string of the molecule is CSc1nnc(CCCNc2ncnc3nc[nH]c23)n1C1CCCC1.